The average Bonchev–Trinajstić information content (AvgIpc) is 2.93. The number of hydrogen-bond acceptors (Lipinski definition) is 4. The molecule has 1 aromatic carbocycles. The Morgan fingerprint density at radius 2 is 2.05 bits per heavy atom. The molecule has 0 amide bonds. The van der Waals surface area contributed by atoms with E-state index in [1.807, 2.05) is 18.2 Å². The van der Waals surface area contributed by atoms with E-state index < -0.39 is 5.97 Å². The fourth-order valence-corrected chi connectivity index (χ4v) is 3.07. The Kier molecular flexibility index (Phi) is 3.23. The standard InChI is InChI=1S/C14H13N3O2S/c1-9-12(13(18)19)17-14(15-9)20-11(16-17)8-7-10-5-3-2-4-6-10/h2-6H,7-8H2,1H3,(H,18,19). The fraction of sp³-hybridized carbons (Fsp3) is 0.214. The van der Waals surface area contributed by atoms with E-state index in [1.165, 1.54) is 21.4 Å². The Balaban J connectivity index is 1.85. The van der Waals surface area contributed by atoms with Crippen molar-refractivity contribution in [2.24, 2.45) is 0 Å². The first-order valence-electron chi connectivity index (χ1n) is 6.27. The Morgan fingerprint density at radius 3 is 2.75 bits per heavy atom. The van der Waals surface area contributed by atoms with Crippen molar-refractivity contribution in [3.05, 3.63) is 52.3 Å². The van der Waals surface area contributed by atoms with Crippen LogP contribution in [0, 0.1) is 6.92 Å². The largest absolute Gasteiger partial charge is 0.476 e. The molecule has 2 aromatic heterocycles. The first-order valence-corrected chi connectivity index (χ1v) is 7.09. The number of aryl methyl sites for hydroxylation is 3. The number of aromatic carboxylic acids is 1. The van der Waals surface area contributed by atoms with Gasteiger partial charge in [-0.3, -0.25) is 0 Å². The van der Waals surface area contributed by atoms with Gasteiger partial charge in [-0.15, -0.1) is 0 Å². The van der Waals surface area contributed by atoms with Gasteiger partial charge >= 0.3 is 5.97 Å². The van der Waals surface area contributed by atoms with Crippen molar-refractivity contribution < 1.29 is 9.90 Å². The summed E-state index contributed by atoms with van der Waals surface area (Å²) >= 11 is 1.45. The quantitative estimate of drug-likeness (QED) is 0.801. The third-order valence-corrected chi connectivity index (χ3v) is 4.06. The minimum absolute atomic E-state index is 0.155. The summed E-state index contributed by atoms with van der Waals surface area (Å²) in [7, 11) is 0. The zero-order chi connectivity index (χ0) is 14.1. The van der Waals surface area contributed by atoms with Crippen LogP contribution in [0.25, 0.3) is 4.96 Å². The molecule has 5 nitrogen and oxygen atoms in total. The van der Waals surface area contributed by atoms with Crippen molar-refractivity contribution in [1.29, 1.82) is 0 Å². The van der Waals surface area contributed by atoms with Crippen molar-refractivity contribution in [2.75, 3.05) is 0 Å². The molecule has 20 heavy (non-hydrogen) atoms. The van der Waals surface area contributed by atoms with Crippen molar-refractivity contribution in [3.63, 3.8) is 0 Å². The van der Waals surface area contributed by atoms with Crippen LogP contribution in [0.5, 0.6) is 0 Å². The summed E-state index contributed by atoms with van der Waals surface area (Å²) in [6.45, 7) is 1.69. The fourth-order valence-electron chi connectivity index (χ4n) is 2.13. The van der Waals surface area contributed by atoms with E-state index >= 15 is 0 Å². The van der Waals surface area contributed by atoms with Gasteiger partial charge in [0.1, 0.15) is 5.01 Å². The molecule has 0 saturated carbocycles. The molecule has 1 N–H and O–H groups in total. The highest BCUT2D eigenvalue weighted by molar-refractivity contribution is 7.16. The van der Waals surface area contributed by atoms with Gasteiger partial charge in [0.15, 0.2) is 5.69 Å². The van der Waals surface area contributed by atoms with Gasteiger partial charge in [0, 0.05) is 6.42 Å². The highest BCUT2D eigenvalue weighted by atomic mass is 32.1. The van der Waals surface area contributed by atoms with E-state index in [1.54, 1.807) is 6.92 Å². The number of aromatic nitrogens is 3. The highest BCUT2D eigenvalue weighted by Crippen LogP contribution is 2.20. The number of nitrogens with zero attached hydrogens (tertiary/aromatic N) is 3. The van der Waals surface area contributed by atoms with Crippen molar-refractivity contribution in [3.8, 4) is 0 Å². The van der Waals surface area contributed by atoms with E-state index in [-0.39, 0.29) is 5.69 Å². The van der Waals surface area contributed by atoms with Gasteiger partial charge in [0.2, 0.25) is 4.96 Å². The van der Waals surface area contributed by atoms with Crippen LogP contribution in [0.1, 0.15) is 26.8 Å². The predicted octanol–water partition coefficient (Wildman–Crippen LogP) is 2.58. The minimum Gasteiger partial charge on any atom is -0.476 e. The maximum absolute atomic E-state index is 11.2. The summed E-state index contributed by atoms with van der Waals surface area (Å²) in [6.07, 6.45) is 1.68. The summed E-state index contributed by atoms with van der Waals surface area (Å²) in [6, 6.07) is 10.2. The van der Waals surface area contributed by atoms with Crippen LogP contribution >= 0.6 is 11.3 Å². The molecule has 0 fully saturated rings. The zero-order valence-corrected chi connectivity index (χ0v) is 11.7. The molecular formula is C14H13N3O2S. The molecule has 0 spiro atoms. The number of imidazole rings is 1. The summed E-state index contributed by atoms with van der Waals surface area (Å²) in [4.78, 5) is 16.1. The Labute approximate surface area is 119 Å². The van der Waals surface area contributed by atoms with Gasteiger partial charge in [-0.25, -0.2) is 9.78 Å². The normalized spacial score (nSPS) is 11.1. The Hall–Kier alpha value is -2.21. The topological polar surface area (TPSA) is 67.5 Å². The molecular weight excluding hydrogens is 274 g/mol. The lowest BCUT2D eigenvalue weighted by Gasteiger charge is -1.97. The molecule has 3 aromatic rings. The highest BCUT2D eigenvalue weighted by Gasteiger charge is 2.19. The second-order valence-corrected chi connectivity index (χ2v) is 5.57. The lowest BCUT2D eigenvalue weighted by molar-refractivity contribution is 0.0687. The van der Waals surface area contributed by atoms with Crippen molar-refractivity contribution >= 4 is 22.3 Å². The van der Waals surface area contributed by atoms with E-state index in [9.17, 15) is 9.90 Å². The number of fused-ring (bicyclic) bond motifs is 1. The lowest BCUT2D eigenvalue weighted by atomic mass is 10.1. The van der Waals surface area contributed by atoms with Crippen LogP contribution in [-0.4, -0.2) is 25.7 Å². The lowest BCUT2D eigenvalue weighted by Crippen LogP contribution is -2.05. The number of carboxylic acid groups (broad SMARTS) is 1. The molecule has 0 radical (unpaired) electrons. The van der Waals surface area contributed by atoms with Gasteiger partial charge in [-0.2, -0.15) is 9.61 Å². The summed E-state index contributed by atoms with van der Waals surface area (Å²) < 4.78 is 1.43. The molecule has 0 aliphatic heterocycles. The van der Waals surface area contributed by atoms with Gasteiger partial charge in [0.25, 0.3) is 0 Å². The molecule has 102 valence electrons. The number of carbonyl (C=O) groups is 1. The predicted molar refractivity (Wildman–Crippen MR) is 76.4 cm³/mol. The average molecular weight is 287 g/mol. The zero-order valence-electron chi connectivity index (χ0n) is 10.9. The van der Waals surface area contributed by atoms with E-state index in [2.05, 4.69) is 22.2 Å². The third kappa shape index (κ3) is 2.30. The number of hydrogen-bond donors (Lipinski definition) is 1. The number of rotatable bonds is 4. The van der Waals surface area contributed by atoms with Gasteiger partial charge < -0.3 is 5.11 Å². The minimum atomic E-state index is -0.991. The Morgan fingerprint density at radius 1 is 1.30 bits per heavy atom. The van der Waals surface area contributed by atoms with Crippen LogP contribution in [0.3, 0.4) is 0 Å². The number of benzene rings is 1. The maximum Gasteiger partial charge on any atom is 0.356 e. The van der Waals surface area contributed by atoms with E-state index in [0.717, 1.165) is 17.8 Å². The van der Waals surface area contributed by atoms with Gasteiger partial charge in [-0.1, -0.05) is 41.7 Å². The molecule has 6 heteroatoms. The van der Waals surface area contributed by atoms with E-state index in [0.29, 0.717) is 10.7 Å². The second-order valence-electron chi connectivity index (χ2n) is 4.53. The monoisotopic (exact) mass is 287 g/mol. The smallest absolute Gasteiger partial charge is 0.356 e. The molecule has 0 unspecified atom stereocenters. The molecule has 0 atom stereocenters. The molecule has 0 aliphatic rings. The summed E-state index contributed by atoms with van der Waals surface area (Å²) in [5, 5.41) is 14.4. The Bertz CT molecular complexity index is 761. The maximum atomic E-state index is 11.2. The first-order chi connectivity index (χ1) is 9.65. The van der Waals surface area contributed by atoms with Crippen LogP contribution < -0.4 is 0 Å². The van der Waals surface area contributed by atoms with Crippen LogP contribution in [0.15, 0.2) is 30.3 Å². The van der Waals surface area contributed by atoms with E-state index in [4.69, 9.17) is 0 Å². The van der Waals surface area contributed by atoms with Crippen LogP contribution in [-0.2, 0) is 12.8 Å². The van der Waals surface area contributed by atoms with Crippen molar-refractivity contribution in [2.45, 2.75) is 19.8 Å². The summed E-state index contributed by atoms with van der Waals surface area (Å²) in [5.74, 6) is -0.991. The number of carboxylic acids is 1. The molecule has 0 saturated heterocycles. The van der Waals surface area contributed by atoms with Crippen LogP contribution in [0.4, 0.5) is 0 Å². The first kappa shape index (κ1) is 12.8. The second kappa shape index (κ2) is 5.05. The third-order valence-electron chi connectivity index (χ3n) is 3.09. The van der Waals surface area contributed by atoms with Crippen LogP contribution in [0.2, 0.25) is 0 Å². The summed E-state index contributed by atoms with van der Waals surface area (Å²) in [5.41, 5.74) is 1.91. The molecule has 2 heterocycles. The van der Waals surface area contributed by atoms with Crippen molar-refractivity contribution in [1.82, 2.24) is 14.6 Å². The molecule has 0 aliphatic carbocycles. The van der Waals surface area contributed by atoms with Gasteiger partial charge in [-0.05, 0) is 18.9 Å². The molecule has 3 rings (SSSR count). The molecule has 0 bridgehead atoms. The van der Waals surface area contributed by atoms with Gasteiger partial charge in [0.05, 0.1) is 5.69 Å². The SMILES string of the molecule is Cc1nc2sc(CCc3ccccc3)nn2c1C(=O)O.